The molecule has 0 saturated carbocycles. The van der Waals surface area contributed by atoms with Crippen molar-refractivity contribution in [3.63, 3.8) is 0 Å². The van der Waals surface area contributed by atoms with Crippen molar-refractivity contribution in [2.24, 2.45) is 0 Å². The molecule has 0 saturated heterocycles. The van der Waals surface area contributed by atoms with Crippen LogP contribution in [0.1, 0.15) is 0 Å². The topological polar surface area (TPSA) is 20.2 Å². The third-order valence-electron chi connectivity index (χ3n) is 0.662. The van der Waals surface area contributed by atoms with E-state index in [2.05, 4.69) is 19.1 Å². The fourth-order valence-electron chi connectivity index (χ4n) is 0.245. The van der Waals surface area contributed by atoms with Crippen LogP contribution in [0.5, 0.6) is 0 Å². The molecule has 0 spiro atoms. The van der Waals surface area contributed by atoms with Gasteiger partial charge in [-0.05, 0) is 12.2 Å². The van der Waals surface area contributed by atoms with Gasteiger partial charge in [-0.25, -0.2) is 0 Å². The van der Waals surface area contributed by atoms with Crippen molar-refractivity contribution in [1.82, 2.24) is 0 Å². The molecule has 0 aromatic heterocycles. The Morgan fingerprint density at radius 1 is 1.44 bits per heavy atom. The second-order valence-electron chi connectivity index (χ2n) is 1.49. The van der Waals surface area contributed by atoms with Gasteiger partial charge in [-0.15, -0.1) is 6.42 Å². The van der Waals surface area contributed by atoms with E-state index in [9.17, 15) is 0 Å². The Hall–Kier alpha value is -1.42. The van der Waals surface area contributed by atoms with Crippen LogP contribution in [-0.2, 0) is 0 Å². The van der Waals surface area contributed by atoms with E-state index in [1.807, 2.05) is 0 Å². The number of aliphatic hydroxyl groups excluding tert-OH is 1. The van der Waals surface area contributed by atoms with Crippen molar-refractivity contribution in [2.45, 2.75) is 0 Å². The van der Waals surface area contributed by atoms with Crippen LogP contribution in [0, 0.1) is 12.3 Å². The highest BCUT2D eigenvalue weighted by Gasteiger charge is 1.77. The molecule has 46 valence electrons. The lowest BCUT2D eigenvalue weighted by Crippen LogP contribution is -1.69. The molecule has 0 rings (SSSR count). The molecule has 0 heterocycles. The molecule has 0 amide bonds. The number of rotatable bonds is 2. The molecule has 0 aromatic rings. The van der Waals surface area contributed by atoms with Gasteiger partial charge in [0.05, 0.1) is 0 Å². The normalized spacial score (nSPS) is 8.78. The zero-order valence-electron chi connectivity index (χ0n) is 5.09. The molecule has 0 bridgehead atoms. The maximum atomic E-state index is 8.51. The molecular formula is C8H8O. The van der Waals surface area contributed by atoms with E-state index in [1.165, 1.54) is 12.2 Å². The maximum Gasteiger partial charge on any atom is 0.108 e. The van der Waals surface area contributed by atoms with Crippen molar-refractivity contribution >= 4 is 0 Å². The first-order valence-electron chi connectivity index (χ1n) is 2.38. The lowest BCUT2D eigenvalue weighted by Gasteiger charge is -1.83. The summed E-state index contributed by atoms with van der Waals surface area (Å²) in [5.41, 5.74) is 0.519. The highest BCUT2D eigenvalue weighted by Crippen LogP contribution is 1.92. The van der Waals surface area contributed by atoms with E-state index in [4.69, 9.17) is 11.5 Å². The minimum absolute atomic E-state index is 0.0219. The molecular weight excluding hydrogens is 112 g/mol. The van der Waals surface area contributed by atoms with E-state index in [0.717, 1.165) is 0 Å². The largest absolute Gasteiger partial charge is 0.509 e. The minimum atomic E-state index is -0.0219. The van der Waals surface area contributed by atoms with E-state index < -0.39 is 0 Å². The number of hydrogen-bond donors (Lipinski definition) is 1. The van der Waals surface area contributed by atoms with Gasteiger partial charge in [-0.3, -0.25) is 0 Å². The second kappa shape index (κ2) is 3.57. The third-order valence-corrected chi connectivity index (χ3v) is 0.662. The molecule has 0 aliphatic heterocycles. The molecule has 1 N–H and O–H groups in total. The van der Waals surface area contributed by atoms with Crippen molar-refractivity contribution < 1.29 is 5.11 Å². The zero-order valence-corrected chi connectivity index (χ0v) is 5.09. The van der Waals surface area contributed by atoms with Crippen LogP contribution in [0.4, 0.5) is 0 Å². The van der Waals surface area contributed by atoms with Gasteiger partial charge in [0.1, 0.15) is 5.76 Å². The summed E-state index contributed by atoms with van der Waals surface area (Å²) < 4.78 is 0. The Bertz CT molecular complexity index is 191. The van der Waals surface area contributed by atoms with Gasteiger partial charge in [-0.2, -0.15) is 0 Å². The quantitative estimate of drug-likeness (QED) is 0.334. The van der Waals surface area contributed by atoms with E-state index >= 15 is 0 Å². The number of hydrogen-bond acceptors (Lipinski definition) is 1. The van der Waals surface area contributed by atoms with Crippen LogP contribution in [0.15, 0.2) is 36.6 Å². The smallest absolute Gasteiger partial charge is 0.108 e. The van der Waals surface area contributed by atoms with Crippen molar-refractivity contribution in [3.8, 4) is 12.3 Å². The fourth-order valence-corrected chi connectivity index (χ4v) is 0.245. The first-order chi connectivity index (χ1) is 4.16. The number of aliphatic hydroxyl groups is 1. The fraction of sp³-hybridized carbons (Fsp3) is 0. The first kappa shape index (κ1) is 7.58. The maximum absolute atomic E-state index is 8.51. The first-order valence-corrected chi connectivity index (χ1v) is 2.38. The molecule has 0 aromatic carbocycles. The van der Waals surface area contributed by atoms with E-state index in [0.29, 0.717) is 5.57 Å². The Morgan fingerprint density at radius 2 is 2.00 bits per heavy atom. The van der Waals surface area contributed by atoms with Crippen LogP contribution in [-0.4, -0.2) is 5.11 Å². The summed E-state index contributed by atoms with van der Waals surface area (Å²) in [7, 11) is 0. The summed E-state index contributed by atoms with van der Waals surface area (Å²) in [6.07, 6.45) is 7.85. The summed E-state index contributed by atoms with van der Waals surface area (Å²) in [5, 5.41) is 8.51. The van der Waals surface area contributed by atoms with Gasteiger partial charge in [0.2, 0.25) is 0 Å². The predicted octanol–water partition coefficient (Wildman–Crippen LogP) is 1.80. The van der Waals surface area contributed by atoms with Gasteiger partial charge in [0.15, 0.2) is 0 Å². The van der Waals surface area contributed by atoms with E-state index in [-0.39, 0.29) is 5.76 Å². The SMILES string of the molecule is C#CC(=C)/C=C\C(=C)O. The Balaban J connectivity index is 3.90. The summed E-state index contributed by atoms with van der Waals surface area (Å²) in [5.74, 6) is 2.26. The molecule has 0 unspecified atom stereocenters. The third kappa shape index (κ3) is 4.43. The summed E-state index contributed by atoms with van der Waals surface area (Å²) in [6, 6.07) is 0. The standard InChI is InChI=1S/C8H8O/c1-4-7(2)5-6-8(3)9/h1,5-6,9H,2-3H2/b6-5-. The zero-order chi connectivity index (χ0) is 7.28. The number of allylic oxidation sites excluding steroid dienone is 3. The Labute approximate surface area is 55.0 Å². The lowest BCUT2D eigenvalue weighted by atomic mass is 10.3. The summed E-state index contributed by atoms with van der Waals surface area (Å²) in [4.78, 5) is 0. The molecule has 1 heteroatoms. The van der Waals surface area contributed by atoms with Crippen LogP contribution in [0.2, 0.25) is 0 Å². The van der Waals surface area contributed by atoms with Crippen molar-refractivity contribution in [1.29, 1.82) is 0 Å². The minimum Gasteiger partial charge on any atom is -0.509 e. The Kier molecular flexibility index (Phi) is 3.00. The number of terminal acetylenes is 1. The van der Waals surface area contributed by atoms with Gasteiger partial charge in [-0.1, -0.05) is 19.1 Å². The Morgan fingerprint density at radius 3 is 2.33 bits per heavy atom. The highest BCUT2D eigenvalue weighted by molar-refractivity contribution is 5.34. The van der Waals surface area contributed by atoms with Gasteiger partial charge < -0.3 is 5.11 Å². The van der Waals surface area contributed by atoms with E-state index in [1.54, 1.807) is 0 Å². The second-order valence-corrected chi connectivity index (χ2v) is 1.49. The highest BCUT2D eigenvalue weighted by atomic mass is 16.3. The molecule has 0 fully saturated rings. The van der Waals surface area contributed by atoms with Crippen molar-refractivity contribution in [3.05, 3.63) is 36.6 Å². The monoisotopic (exact) mass is 120 g/mol. The molecule has 0 aliphatic rings. The van der Waals surface area contributed by atoms with Crippen LogP contribution in [0.25, 0.3) is 0 Å². The van der Waals surface area contributed by atoms with Crippen LogP contribution < -0.4 is 0 Å². The van der Waals surface area contributed by atoms with Crippen LogP contribution >= 0.6 is 0 Å². The van der Waals surface area contributed by atoms with Gasteiger partial charge >= 0.3 is 0 Å². The molecule has 1 nitrogen and oxygen atoms in total. The average molecular weight is 120 g/mol. The molecule has 9 heavy (non-hydrogen) atoms. The molecule has 0 atom stereocenters. The van der Waals surface area contributed by atoms with Gasteiger partial charge in [0.25, 0.3) is 0 Å². The lowest BCUT2D eigenvalue weighted by molar-refractivity contribution is 0.435. The average Bonchev–Trinajstić information content (AvgIpc) is 1.83. The summed E-state index contributed by atoms with van der Waals surface area (Å²) in [6.45, 7) is 6.69. The molecule has 0 radical (unpaired) electrons. The summed E-state index contributed by atoms with van der Waals surface area (Å²) >= 11 is 0. The predicted molar refractivity (Wildman–Crippen MR) is 38.9 cm³/mol. The van der Waals surface area contributed by atoms with Gasteiger partial charge in [0, 0.05) is 5.57 Å². The van der Waals surface area contributed by atoms with Crippen LogP contribution in [0.3, 0.4) is 0 Å². The molecule has 0 aliphatic carbocycles. The van der Waals surface area contributed by atoms with Crippen molar-refractivity contribution in [2.75, 3.05) is 0 Å².